The fraction of sp³-hybridized carbons (Fsp3) is 0.444. The second-order valence-corrected chi connectivity index (χ2v) is 3.21. The summed E-state index contributed by atoms with van der Waals surface area (Å²) in [6, 6.07) is 0. The number of rotatable bonds is 4. The van der Waals surface area contributed by atoms with Gasteiger partial charge in [0.05, 0.1) is 5.69 Å². The molecule has 3 N–H and O–H groups in total. The zero-order valence-electron chi connectivity index (χ0n) is 8.53. The van der Waals surface area contributed by atoms with Crippen molar-refractivity contribution in [2.24, 2.45) is 5.73 Å². The van der Waals surface area contributed by atoms with E-state index in [1.807, 2.05) is 6.92 Å². The highest BCUT2D eigenvalue weighted by Crippen LogP contribution is 2.14. The number of fused-ring (bicyclic) bond motifs is 1. The summed E-state index contributed by atoms with van der Waals surface area (Å²) in [5.41, 5.74) is 7.39. The second-order valence-electron chi connectivity index (χ2n) is 3.21. The zero-order valence-corrected chi connectivity index (χ0v) is 8.53. The Morgan fingerprint density at radius 1 is 1.47 bits per heavy atom. The molecule has 6 nitrogen and oxygen atoms in total. The molecule has 2 rings (SSSR count). The van der Waals surface area contributed by atoms with Crippen LogP contribution >= 0.6 is 0 Å². The smallest absolute Gasteiger partial charge is 0.225 e. The minimum absolute atomic E-state index is 0.572. The van der Waals surface area contributed by atoms with Crippen molar-refractivity contribution in [3.8, 4) is 0 Å². The molecule has 0 fully saturated rings. The summed E-state index contributed by atoms with van der Waals surface area (Å²) in [7, 11) is 0. The third-order valence-corrected chi connectivity index (χ3v) is 2.03. The maximum atomic E-state index is 5.39. The summed E-state index contributed by atoms with van der Waals surface area (Å²) in [6.45, 7) is 3.28. The topological polar surface area (TPSA) is 89.9 Å². The lowest BCUT2D eigenvalue weighted by atomic mass is 10.4. The van der Waals surface area contributed by atoms with E-state index in [0.29, 0.717) is 23.7 Å². The van der Waals surface area contributed by atoms with Gasteiger partial charge in [-0.25, -0.2) is 4.98 Å². The van der Waals surface area contributed by atoms with Gasteiger partial charge in [0.25, 0.3) is 0 Å². The van der Waals surface area contributed by atoms with Crippen molar-refractivity contribution in [1.29, 1.82) is 0 Å². The molecule has 6 heteroatoms. The minimum Gasteiger partial charge on any atom is -0.440 e. The van der Waals surface area contributed by atoms with Crippen LogP contribution in [0.2, 0.25) is 0 Å². The van der Waals surface area contributed by atoms with Gasteiger partial charge in [-0.15, -0.1) is 0 Å². The highest BCUT2D eigenvalue weighted by molar-refractivity contribution is 5.71. The van der Waals surface area contributed by atoms with Crippen molar-refractivity contribution in [3.63, 3.8) is 0 Å². The first-order chi connectivity index (χ1) is 7.31. The molecule has 2 aromatic rings. The monoisotopic (exact) mass is 207 g/mol. The quantitative estimate of drug-likeness (QED) is 0.717. The molecule has 0 saturated carbocycles. The molecular weight excluding hydrogens is 194 g/mol. The SMILES string of the molecule is Cc1nc(NCCCN)nc2ncoc12. The Labute approximate surface area is 86.9 Å². The molecule has 0 aromatic carbocycles. The van der Waals surface area contributed by atoms with Crippen LogP contribution in [0.1, 0.15) is 12.1 Å². The molecule has 0 aliphatic rings. The van der Waals surface area contributed by atoms with Gasteiger partial charge in [-0.2, -0.15) is 9.97 Å². The van der Waals surface area contributed by atoms with Crippen molar-refractivity contribution < 1.29 is 4.42 Å². The van der Waals surface area contributed by atoms with Gasteiger partial charge in [-0.1, -0.05) is 0 Å². The predicted molar refractivity (Wildman–Crippen MR) is 56.5 cm³/mol. The summed E-state index contributed by atoms with van der Waals surface area (Å²) in [4.78, 5) is 12.4. The first kappa shape index (κ1) is 9.85. The summed E-state index contributed by atoms with van der Waals surface area (Å²) < 4.78 is 5.15. The molecule has 0 aliphatic heterocycles. The van der Waals surface area contributed by atoms with Crippen molar-refractivity contribution in [2.75, 3.05) is 18.4 Å². The molecule has 2 aromatic heterocycles. The Morgan fingerprint density at radius 3 is 3.13 bits per heavy atom. The molecule has 0 atom stereocenters. The Balaban J connectivity index is 2.21. The maximum absolute atomic E-state index is 5.39. The van der Waals surface area contributed by atoms with Crippen molar-refractivity contribution in [1.82, 2.24) is 15.0 Å². The van der Waals surface area contributed by atoms with E-state index in [1.165, 1.54) is 6.39 Å². The van der Waals surface area contributed by atoms with Gasteiger partial charge in [-0.05, 0) is 19.9 Å². The third-order valence-electron chi connectivity index (χ3n) is 2.03. The molecular formula is C9H13N5O. The summed E-state index contributed by atoms with van der Waals surface area (Å²) in [5.74, 6) is 0.572. The lowest BCUT2D eigenvalue weighted by Gasteiger charge is -2.03. The van der Waals surface area contributed by atoms with Gasteiger partial charge in [0.15, 0.2) is 12.0 Å². The highest BCUT2D eigenvalue weighted by atomic mass is 16.3. The van der Waals surface area contributed by atoms with Crippen LogP contribution < -0.4 is 11.1 Å². The van der Waals surface area contributed by atoms with Crippen LogP contribution in [0.25, 0.3) is 11.2 Å². The maximum Gasteiger partial charge on any atom is 0.225 e. The number of nitrogens with one attached hydrogen (secondary N) is 1. The Morgan fingerprint density at radius 2 is 2.33 bits per heavy atom. The summed E-state index contributed by atoms with van der Waals surface area (Å²) in [6.07, 6.45) is 2.26. The Kier molecular flexibility index (Phi) is 2.77. The largest absolute Gasteiger partial charge is 0.440 e. The number of hydrogen-bond acceptors (Lipinski definition) is 6. The number of hydrogen-bond donors (Lipinski definition) is 2. The van der Waals surface area contributed by atoms with Crippen LogP contribution in [-0.4, -0.2) is 28.0 Å². The van der Waals surface area contributed by atoms with E-state index in [1.54, 1.807) is 0 Å². The van der Waals surface area contributed by atoms with Crippen LogP contribution in [0.3, 0.4) is 0 Å². The van der Waals surface area contributed by atoms with Gasteiger partial charge in [-0.3, -0.25) is 0 Å². The van der Waals surface area contributed by atoms with Crippen molar-refractivity contribution in [3.05, 3.63) is 12.1 Å². The lowest BCUT2D eigenvalue weighted by molar-refractivity contribution is 0.597. The van der Waals surface area contributed by atoms with Crippen LogP contribution in [0.15, 0.2) is 10.8 Å². The van der Waals surface area contributed by atoms with Crippen molar-refractivity contribution in [2.45, 2.75) is 13.3 Å². The molecule has 15 heavy (non-hydrogen) atoms. The van der Waals surface area contributed by atoms with Gasteiger partial charge in [0, 0.05) is 6.54 Å². The Bertz CT molecular complexity index is 453. The highest BCUT2D eigenvalue weighted by Gasteiger charge is 2.07. The van der Waals surface area contributed by atoms with Crippen LogP contribution in [0.5, 0.6) is 0 Å². The minimum atomic E-state index is 0.572. The van der Waals surface area contributed by atoms with Gasteiger partial charge < -0.3 is 15.5 Å². The molecule has 0 bridgehead atoms. The van der Waals surface area contributed by atoms with E-state index in [-0.39, 0.29) is 0 Å². The number of oxazole rings is 1. The number of anilines is 1. The molecule has 0 spiro atoms. The fourth-order valence-electron chi connectivity index (χ4n) is 1.28. The van der Waals surface area contributed by atoms with Gasteiger partial charge in [0.1, 0.15) is 0 Å². The zero-order chi connectivity index (χ0) is 10.7. The molecule has 0 unspecified atom stereocenters. The van der Waals surface area contributed by atoms with Gasteiger partial charge in [0.2, 0.25) is 11.6 Å². The molecule has 2 heterocycles. The second kappa shape index (κ2) is 4.22. The van der Waals surface area contributed by atoms with E-state index in [2.05, 4.69) is 20.3 Å². The summed E-state index contributed by atoms with van der Waals surface area (Å²) >= 11 is 0. The first-order valence-corrected chi connectivity index (χ1v) is 4.83. The predicted octanol–water partition coefficient (Wildman–Crippen LogP) is 0.687. The van der Waals surface area contributed by atoms with E-state index >= 15 is 0 Å². The fourth-order valence-corrected chi connectivity index (χ4v) is 1.28. The first-order valence-electron chi connectivity index (χ1n) is 4.83. The number of aryl methyl sites for hydroxylation is 1. The summed E-state index contributed by atoms with van der Waals surface area (Å²) in [5, 5.41) is 3.08. The normalized spacial score (nSPS) is 10.8. The number of nitrogens with zero attached hydrogens (tertiary/aromatic N) is 3. The third kappa shape index (κ3) is 2.04. The van der Waals surface area contributed by atoms with Crippen LogP contribution in [0, 0.1) is 6.92 Å². The lowest BCUT2D eigenvalue weighted by Crippen LogP contribution is -2.10. The van der Waals surface area contributed by atoms with Crippen molar-refractivity contribution >= 4 is 17.2 Å². The average molecular weight is 207 g/mol. The van der Waals surface area contributed by atoms with Gasteiger partial charge >= 0.3 is 0 Å². The molecule has 0 saturated heterocycles. The average Bonchev–Trinajstić information content (AvgIpc) is 2.66. The Hall–Kier alpha value is -1.69. The van der Waals surface area contributed by atoms with E-state index in [9.17, 15) is 0 Å². The number of aromatic nitrogens is 3. The molecule has 0 radical (unpaired) electrons. The van der Waals surface area contributed by atoms with E-state index < -0.39 is 0 Å². The number of nitrogens with two attached hydrogens (primary N) is 1. The molecule has 0 amide bonds. The van der Waals surface area contributed by atoms with E-state index in [4.69, 9.17) is 10.2 Å². The van der Waals surface area contributed by atoms with E-state index in [0.717, 1.165) is 18.7 Å². The van der Waals surface area contributed by atoms with Crippen LogP contribution in [0.4, 0.5) is 5.95 Å². The standard InChI is InChI=1S/C9H13N5O/c1-6-7-8(12-5-15-7)14-9(13-6)11-4-2-3-10/h5H,2-4,10H2,1H3,(H,11,13,14). The molecule has 0 aliphatic carbocycles. The van der Waals surface area contributed by atoms with Crippen LogP contribution in [-0.2, 0) is 0 Å². The molecule has 80 valence electrons.